The molecular formula is C12H20ClNO2. The number of hydrogen-bond acceptors (Lipinski definition) is 3. The Balaban J connectivity index is 2.56. The van der Waals surface area contributed by atoms with Gasteiger partial charge >= 0.3 is 5.97 Å². The van der Waals surface area contributed by atoms with Crippen LogP contribution in [0.1, 0.15) is 32.6 Å². The van der Waals surface area contributed by atoms with Gasteiger partial charge in [-0.15, -0.1) is 0 Å². The van der Waals surface area contributed by atoms with Crippen molar-refractivity contribution in [3.8, 4) is 0 Å². The van der Waals surface area contributed by atoms with E-state index in [9.17, 15) is 4.79 Å². The van der Waals surface area contributed by atoms with E-state index in [2.05, 4.69) is 4.90 Å². The number of carbonyl (C=O) groups excluding carboxylic acids is 1. The zero-order valence-corrected chi connectivity index (χ0v) is 10.8. The molecule has 0 aliphatic heterocycles. The van der Waals surface area contributed by atoms with Gasteiger partial charge in [0.05, 0.1) is 13.7 Å². The van der Waals surface area contributed by atoms with E-state index in [1.165, 1.54) is 32.8 Å². The molecule has 3 nitrogen and oxygen atoms in total. The average molecular weight is 246 g/mol. The minimum Gasteiger partial charge on any atom is -0.468 e. The van der Waals surface area contributed by atoms with Gasteiger partial charge in [-0.1, -0.05) is 24.4 Å². The van der Waals surface area contributed by atoms with Crippen molar-refractivity contribution < 1.29 is 9.53 Å². The second kappa shape index (κ2) is 6.92. The Bertz CT molecular complexity index is 260. The number of nitrogens with zero attached hydrogens (tertiary/aromatic N) is 1. The summed E-state index contributed by atoms with van der Waals surface area (Å²) in [4.78, 5) is 13.5. The molecule has 0 atom stereocenters. The average Bonchev–Trinajstić information content (AvgIpc) is 2.81. The molecule has 0 aromatic rings. The lowest BCUT2D eigenvalue weighted by molar-refractivity contribution is -0.142. The molecule has 0 aromatic carbocycles. The summed E-state index contributed by atoms with van der Waals surface area (Å²) in [7, 11) is 1.43. The Morgan fingerprint density at radius 3 is 2.56 bits per heavy atom. The fraction of sp³-hybridized carbons (Fsp3) is 0.750. The van der Waals surface area contributed by atoms with E-state index < -0.39 is 0 Å². The molecule has 1 saturated carbocycles. The van der Waals surface area contributed by atoms with Crippen LogP contribution < -0.4 is 0 Å². The van der Waals surface area contributed by atoms with Crippen LogP contribution in [0.15, 0.2) is 11.1 Å². The minimum absolute atomic E-state index is 0.172. The van der Waals surface area contributed by atoms with Gasteiger partial charge in [-0.05, 0) is 25.3 Å². The predicted octanol–water partition coefficient (Wildman–Crippen LogP) is 2.55. The number of ether oxygens (including phenoxy) is 1. The maximum atomic E-state index is 11.3. The minimum atomic E-state index is -0.172. The van der Waals surface area contributed by atoms with Gasteiger partial charge < -0.3 is 4.74 Å². The molecule has 92 valence electrons. The molecule has 0 radical (unpaired) electrons. The molecule has 0 saturated heterocycles. The van der Waals surface area contributed by atoms with E-state index in [1.807, 2.05) is 6.92 Å². The highest BCUT2D eigenvalue weighted by Gasteiger charge is 2.24. The van der Waals surface area contributed by atoms with E-state index >= 15 is 0 Å². The van der Waals surface area contributed by atoms with Crippen LogP contribution in [-0.2, 0) is 9.53 Å². The second-order valence-electron chi connectivity index (χ2n) is 4.37. The summed E-state index contributed by atoms with van der Waals surface area (Å²) in [5, 5.41) is 0. The first-order valence-electron chi connectivity index (χ1n) is 5.74. The van der Waals surface area contributed by atoms with Crippen molar-refractivity contribution in [1.82, 2.24) is 4.90 Å². The van der Waals surface area contributed by atoms with Gasteiger partial charge in [-0.25, -0.2) is 0 Å². The van der Waals surface area contributed by atoms with Gasteiger partial charge in [0, 0.05) is 18.1 Å². The standard InChI is InChI=1S/C12H20ClNO2/c1-10(7-13)8-14(9-12(15)16-2)11-5-3-4-6-11/h7,11H,3-6,8-9H2,1-2H3. The van der Waals surface area contributed by atoms with Crippen LogP contribution in [0.4, 0.5) is 0 Å². The summed E-state index contributed by atoms with van der Waals surface area (Å²) in [6, 6.07) is 0.505. The van der Waals surface area contributed by atoms with Gasteiger partial charge in [0.25, 0.3) is 0 Å². The van der Waals surface area contributed by atoms with E-state index in [-0.39, 0.29) is 5.97 Å². The van der Waals surface area contributed by atoms with E-state index in [4.69, 9.17) is 16.3 Å². The van der Waals surface area contributed by atoms with Crippen molar-refractivity contribution >= 4 is 17.6 Å². The topological polar surface area (TPSA) is 29.5 Å². The Kier molecular flexibility index (Phi) is 5.85. The molecular weight excluding hydrogens is 226 g/mol. The van der Waals surface area contributed by atoms with Gasteiger partial charge in [0.1, 0.15) is 0 Å². The molecule has 0 unspecified atom stereocenters. The zero-order chi connectivity index (χ0) is 12.0. The Labute approximate surface area is 102 Å². The highest BCUT2D eigenvalue weighted by atomic mass is 35.5. The Morgan fingerprint density at radius 1 is 1.44 bits per heavy atom. The first kappa shape index (κ1) is 13.5. The van der Waals surface area contributed by atoms with Crippen LogP contribution in [0, 0.1) is 0 Å². The first-order chi connectivity index (χ1) is 7.67. The lowest BCUT2D eigenvalue weighted by atomic mass is 10.2. The summed E-state index contributed by atoms with van der Waals surface area (Å²) in [5.41, 5.74) is 2.66. The number of halogens is 1. The molecule has 4 heteroatoms. The fourth-order valence-electron chi connectivity index (χ4n) is 2.17. The van der Waals surface area contributed by atoms with E-state index in [1.54, 1.807) is 5.54 Å². The van der Waals surface area contributed by atoms with Crippen molar-refractivity contribution in [3.63, 3.8) is 0 Å². The number of carbonyl (C=O) groups is 1. The molecule has 1 rings (SSSR count). The number of methoxy groups -OCH3 is 1. The van der Waals surface area contributed by atoms with Crippen LogP contribution >= 0.6 is 11.6 Å². The van der Waals surface area contributed by atoms with Crippen LogP contribution in [-0.4, -0.2) is 37.1 Å². The highest BCUT2D eigenvalue weighted by molar-refractivity contribution is 6.25. The van der Waals surface area contributed by atoms with Gasteiger partial charge in [-0.2, -0.15) is 0 Å². The quantitative estimate of drug-likeness (QED) is 0.698. The molecule has 0 amide bonds. The molecule has 1 aliphatic rings. The van der Waals surface area contributed by atoms with Crippen molar-refractivity contribution in [2.75, 3.05) is 20.2 Å². The third-order valence-corrected chi connectivity index (χ3v) is 3.41. The SMILES string of the molecule is COC(=O)CN(CC(C)=CCl)C1CCCC1. The van der Waals surface area contributed by atoms with E-state index in [0.717, 1.165) is 12.1 Å². The van der Waals surface area contributed by atoms with Gasteiger partial charge in [-0.3, -0.25) is 9.69 Å². The van der Waals surface area contributed by atoms with Crippen LogP contribution in [0.5, 0.6) is 0 Å². The normalized spacial score (nSPS) is 18.1. The van der Waals surface area contributed by atoms with Crippen molar-refractivity contribution in [2.24, 2.45) is 0 Å². The van der Waals surface area contributed by atoms with Crippen LogP contribution in [0.2, 0.25) is 0 Å². The van der Waals surface area contributed by atoms with Crippen molar-refractivity contribution in [3.05, 3.63) is 11.1 Å². The Morgan fingerprint density at radius 2 is 2.06 bits per heavy atom. The molecule has 1 aliphatic carbocycles. The number of rotatable bonds is 5. The van der Waals surface area contributed by atoms with E-state index in [0.29, 0.717) is 12.6 Å². The summed E-state index contributed by atoms with van der Waals surface area (Å²) >= 11 is 5.67. The largest absolute Gasteiger partial charge is 0.468 e. The van der Waals surface area contributed by atoms with Gasteiger partial charge in [0.2, 0.25) is 0 Å². The van der Waals surface area contributed by atoms with Gasteiger partial charge in [0.15, 0.2) is 0 Å². The maximum absolute atomic E-state index is 11.3. The third-order valence-electron chi connectivity index (χ3n) is 3.04. The van der Waals surface area contributed by atoms with Crippen LogP contribution in [0.25, 0.3) is 0 Å². The molecule has 0 bridgehead atoms. The molecule has 16 heavy (non-hydrogen) atoms. The van der Waals surface area contributed by atoms with Crippen molar-refractivity contribution in [2.45, 2.75) is 38.6 Å². The molecule has 1 fully saturated rings. The Hall–Kier alpha value is -0.540. The predicted molar refractivity (Wildman–Crippen MR) is 65.5 cm³/mol. The van der Waals surface area contributed by atoms with Crippen LogP contribution in [0.3, 0.4) is 0 Å². The summed E-state index contributed by atoms with van der Waals surface area (Å²) in [6.45, 7) is 3.10. The molecule has 0 N–H and O–H groups in total. The summed E-state index contributed by atoms with van der Waals surface area (Å²) in [5.74, 6) is -0.172. The third kappa shape index (κ3) is 4.14. The smallest absolute Gasteiger partial charge is 0.319 e. The first-order valence-corrected chi connectivity index (χ1v) is 6.17. The number of esters is 1. The zero-order valence-electron chi connectivity index (χ0n) is 10.0. The maximum Gasteiger partial charge on any atom is 0.319 e. The second-order valence-corrected chi connectivity index (χ2v) is 4.59. The summed E-state index contributed by atoms with van der Waals surface area (Å²) in [6.07, 6.45) is 4.86. The highest BCUT2D eigenvalue weighted by Crippen LogP contribution is 2.24. The monoisotopic (exact) mass is 245 g/mol. The molecule has 0 heterocycles. The molecule has 0 spiro atoms. The molecule has 0 aromatic heterocycles. The van der Waals surface area contributed by atoms with Crippen molar-refractivity contribution in [1.29, 1.82) is 0 Å². The lowest BCUT2D eigenvalue weighted by Gasteiger charge is -2.27. The lowest BCUT2D eigenvalue weighted by Crippen LogP contribution is -2.39. The fourth-order valence-corrected chi connectivity index (χ4v) is 2.24. The number of hydrogen-bond donors (Lipinski definition) is 0. The summed E-state index contributed by atoms with van der Waals surface area (Å²) < 4.78 is 4.72.